The number of carbonyl (C=O) groups excluding carboxylic acids is 1. The van der Waals surface area contributed by atoms with E-state index in [2.05, 4.69) is 32.5 Å². The van der Waals surface area contributed by atoms with Gasteiger partial charge in [-0.25, -0.2) is 15.0 Å². The molecule has 0 radical (unpaired) electrons. The fourth-order valence-corrected chi connectivity index (χ4v) is 1.60. The van der Waals surface area contributed by atoms with Gasteiger partial charge in [0.2, 0.25) is 0 Å². The second kappa shape index (κ2) is 7.22. The number of carbonyl (C=O) groups is 1. The van der Waals surface area contributed by atoms with Gasteiger partial charge in [0.25, 0.3) is 5.91 Å². The van der Waals surface area contributed by atoms with Crippen molar-refractivity contribution < 1.29 is 4.79 Å². The summed E-state index contributed by atoms with van der Waals surface area (Å²) in [5, 5.41) is 5.90. The van der Waals surface area contributed by atoms with E-state index in [-0.39, 0.29) is 5.91 Å². The second-order valence-corrected chi connectivity index (χ2v) is 4.27. The van der Waals surface area contributed by atoms with Crippen molar-refractivity contribution in [3.05, 3.63) is 36.8 Å². The van der Waals surface area contributed by atoms with Gasteiger partial charge < -0.3 is 15.2 Å². The predicted octanol–water partition coefficient (Wildman–Crippen LogP) is 0.925. The molecule has 0 aliphatic carbocycles. The van der Waals surface area contributed by atoms with E-state index in [1.807, 2.05) is 10.8 Å². The lowest BCUT2D eigenvalue weighted by Gasteiger charge is -2.06. The molecule has 1 amide bonds. The molecule has 7 heteroatoms. The van der Waals surface area contributed by atoms with E-state index in [0.29, 0.717) is 24.6 Å². The smallest absolute Gasteiger partial charge is 0.271 e. The van der Waals surface area contributed by atoms with Gasteiger partial charge in [-0.2, -0.15) is 0 Å². The Kier molecular flexibility index (Phi) is 5.05. The Morgan fingerprint density at radius 3 is 2.85 bits per heavy atom. The lowest BCUT2D eigenvalue weighted by atomic mass is 10.4. The van der Waals surface area contributed by atoms with Crippen LogP contribution in [-0.2, 0) is 6.54 Å². The molecule has 2 aromatic heterocycles. The molecule has 2 heterocycles. The Morgan fingerprint density at radius 2 is 2.20 bits per heavy atom. The molecule has 0 fully saturated rings. The van der Waals surface area contributed by atoms with Crippen LogP contribution < -0.4 is 10.6 Å². The first-order valence-corrected chi connectivity index (χ1v) is 6.59. The third kappa shape index (κ3) is 4.04. The van der Waals surface area contributed by atoms with Crippen LogP contribution in [-0.4, -0.2) is 38.5 Å². The molecule has 106 valence electrons. The number of nitrogens with zero attached hydrogens (tertiary/aromatic N) is 4. The Labute approximate surface area is 117 Å². The van der Waals surface area contributed by atoms with Gasteiger partial charge in [0.05, 0.1) is 18.7 Å². The van der Waals surface area contributed by atoms with Gasteiger partial charge in [0.1, 0.15) is 11.5 Å². The Hall–Kier alpha value is -2.44. The summed E-state index contributed by atoms with van der Waals surface area (Å²) >= 11 is 0. The van der Waals surface area contributed by atoms with Crippen molar-refractivity contribution in [2.24, 2.45) is 0 Å². The summed E-state index contributed by atoms with van der Waals surface area (Å²) in [5.74, 6) is 0.460. The van der Waals surface area contributed by atoms with Crippen molar-refractivity contribution in [3.63, 3.8) is 0 Å². The number of nitrogens with one attached hydrogen (secondary N) is 2. The van der Waals surface area contributed by atoms with Crippen LogP contribution in [0, 0.1) is 0 Å². The molecule has 0 spiro atoms. The zero-order chi connectivity index (χ0) is 14.2. The Balaban J connectivity index is 1.79. The summed E-state index contributed by atoms with van der Waals surface area (Å²) in [6.07, 6.45) is 9.32. The van der Waals surface area contributed by atoms with Crippen molar-refractivity contribution >= 4 is 11.7 Å². The highest BCUT2D eigenvalue weighted by Gasteiger charge is 2.07. The first-order valence-electron chi connectivity index (χ1n) is 6.59. The summed E-state index contributed by atoms with van der Waals surface area (Å²) in [6.45, 7) is 4.11. The van der Waals surface area contributed by atoms with Crippen LogP contribution in [0.1, 0.15) is 23.8 Å². The number of rotatable bonds is 7. The normalized spacial score (nSPS) is 10.2. The number of imidazole rings is 1. The van der Waals surface area contributed by atoms with Crippen molar-refractivity contribution in [1.29, 1.82) is 0 Å². The standard InChI is InChI=1S/C13H18N6O/c1-2-3-15-12-9-17-11(8-18-12)13(20)16-5-7-19-6-4-14-10-19/h4,6,8-10H,2-3,5,7H2,1H3,(H,15,18)(H,16,20). The van der Waals surface area contributed by atoms with Gasteiger partial charge in [-0.3, -0.25) is 4.79 Å². The SMILES string of the molecule is CCCNc1cnc(C(=O)NCCn2ccnc2)cn1. The molecule has 2 rings (SSSR count). The molecule has 20 heavy (non-hydrogen) atoms. The van der Waals surface area contributed by atoms with Crippen molar-refractivity contribution in [3.8, 4) is 0 Å². The summed E-state index contributed by atoms with van der Waals surface area (Å²) in [5.41, 5.74) is 0.317. The maximum Gasteiger partial charge on any atom is 0.271 e. The molecule has 0 aliphatic heterocycles. The molecule has 2 N–H and O–H groups in total. The lowest BCUT2D eigenvalue weighted by Crippen LogP contribution is -2.27. The van der Waals surface area contributed by atoms with E-state index in [0.717, 1.165) is 13.0 Å². The molecular weight excluding hydrogens is 256 g/mol. The molecular formula is C13H18N6O. The summed E-state index contributed by atoms with van der Waals surface area (Å²) in [6, 6.07) is 0. The van der Waals surface area contributed by atoms with Crippen LogP contribution in [0.5, 0.6) is 0 Å². The van der Waals surface area contributed by atoms with Crippen LogP contribution in [0.3, 0.4) is 0 Å². The third-order valence-electron chi connectivity index (χ3n) is 2.66. The molecule has 0 atom stereocenters. The van der Waals surface area contributed by atoms with Crippen molar-refractivity contribution in [2.45, 2.75) is 19.9 Å². The van der Waals surface area contributed by atoms with E-state index in [4.69, 9.17) is 0 Å². The van der Waals surface area contributed by atoms with Gasteiger partial charge in [0.15, 0.2) is 0 Å². The molecule has 2 aromatic rings. The van der Waals surface area contributed by atoms with Crippen LogP contribution in [0.25, 0.3) is 0 Å². The quantitative estimate of drug-likeness (QED) is 0.784. The highest BCUT2D eigenvalue weighted by molar-refractivity contribution is 5.91. The first-order chi connectivity index (χ1) is 9.79. The maximum atomic E-state index is 11.8. The highest BCUT2D eigenvalue weighted by atomic mass is 16.1. The molecule has 7 nitrogen and oxygen atoms in total. The summed E-state index contributed by atoms with van der Waals surface area (Å²) in [4.78, 5) is 24.0. The fraction of sp³-hybridized carbons (Fsp3) is 0.385. The molecule has 0 saturated carbocycles. The van der Waals surface area contributed by atoms with Crippen molar-refractivity contribution in [1.82, 2.24) is 24.8 Å². The molecule has 0 aromatic carbocycles. The molecule has 0 unspecified atom stereocenters. The topological polar surface area (TPSA) is 84.7 Å². The number of aromatic nitrogens is 4. The van der Waals surface area contributed by atoms with Crippen LogP contribution >= 0.6 is 0 Å². The monoisotopic (exact) mass is 274 g/mol. The lowest BCUT2D eigenvalue weighted by molar-refractivity contribution is 0.0947. The van der Waals surface area contributed by atoms with Crippen LogP contribution in [0.15, 0.2) is 31.1 Å². The Bertz CT molecular complexity index is 522. The molecule has 0 saturated heterocycles. The van der Waals surface area contributed by atoms with Gasteiger partial charge in [-0.15, -0.1) is 0 Å². The highest BCUT2D eigenvalue weighted by Crippen LogP contribution is 2.01. The average Bonchev–Trinajstić information content (AvgIpc) is 2.99. The van der Waals surface area contributed by atoms with E-state index in [1.165, 1.54) is 6.20 Å². The maximum absolute atomic E-state index is 11.8. The van der Waals surface area contributed by atoms with E-state index >= 15 is 0 Å². The van der Waals surface area contributed by atoms with Gasteiger partial charge >= 0.3 is 0 Å². The van der Waals surface area contributed by atoms with E-state index in [9.17, 15) is 4.79 Å². The largest absolute Gasteiger partial charge is 0.369 e. The minimum atomic E-state index is -0.223. The first kappa shape index (κ1) is 14.0. The molecule has 0 aliphatic rings. The summed E-state index contributed by atoms with van der Waals surface area (Å²) in [7, 11) is 0. The average molecular weight is 274 g/mol. The predicted molar refractivity (Wildman–Crippen MR) is 75.4 cm³/mol. The van der Waals surface area contributed by atoms with Gasteiger partial charge in [0, 0.05) is 32.0 Å². The minimum absolute atomic E-state index is 0.223. The van der Waals surface area contributed by atoms with Gasteiger partial charge in [-0.05, 0) is 6.42 Å². The molecule has 0 bridgehead atoms. The zero-order valence-electron chi connectivity index (χ0n) is 11.4. The van der Waals surface area contributed by atoms with Gasteiger partial charge in [-0.1, -0.05) is 6.92 Å². The van der Waals surface area contributed by atoms with E-state index in [1.54, 1.807) is 18.7 Å². The number of amides is 1. The zero-order valence-corrected chi connectivity index (χ0v) is 11.4. The number of hydrogen-bond acceptors (Lipinski definition) is 5. The summed E-state index contributed by atoms with van der Waals surface area (Å²) < 4.78 is 1.89. The van der Waals surface area contributed by atoms with E-state index < -0.39 is 0 Å². The second-order valence-electron chi connectivity index (χ2n) is 4.27. The third-order valence-corrected chi connectivity index (χ3v) is 2.66. The van der Waals surface area contributed by atoms with Crippen LogP contribution in [0.2, 0.25) is 0 Å². The minimum Gasteiger partial charge on any atom is -0.369 e. The van der Waals surface area contributed by atoms with Crippen molar-refractivity contribution in [2.75, 3.05) is 18.4 Å². The fourth-order valence-electron chi connectivity index (χ4n) is 1.60. The Morgan fingerprint density at radius 1 is 1.30 bits per heavy atom. The number of anilines is 1. The van der Waals surface area contributed by atoms with Crippen LogP contribution in [0.4, 0.5) is 5.82 Å². The number of hydrogen-bond donors (Lipinski definition) is 2.